The number of likely N-dealkylation sites (N-methyl/N-ethyl adjacent to an activating group) is 1. The van der Waals surface area contributed by atoms with Gasteiger partial charge in [-0.2, -0.15) is 5.10 Å². The zero-order valence-corrected chi connectivity index (χ0v) is 12.1. The molecular formula is C13H23N5O2. The van der Waals surface area contributed by atoms with Crippen molar-refractivity contribution in [2.75, 3.05) is 39.1 Å². The quantitative estimate of drug-likeness (QED) is 0.673. The summed E-state index contributed by atoms with van der Waals surface area (Å²) in [5.41, 5.74) is 0.600. The van der Waals surface area contributed by atoms with Gasteiger partial charge < -0.3 is 20.6 Å². The fraction of sp³-hybridized carbons (Fsp3) is 0.692. The van der Waals surface area contributed by atoms with Crippen molar-refractivity contribution in [3.05, 3.63) is 12.4 Å². The maximum Gasteiger partial charge on any atom is 0.319 e. The third-order valence-electron chi connectivity index (χ3n) is 3.58. The van der Waals surface area contributed by atoms with Crippen LogP contribution in [0.5, 0.6) is 0 Å². The molecule has 0 aromatic carbocycles. The second-order valence-corrected chi connectivity index (χ2v) is 5.76. The summed E-state index contributed by atoms with van der Waals surface area (Å²) in [7, 11) is 4.01. The maximum atomic E-state index is 11.7. The third-order valence-corrected chi connectivity index (χ3v) is 3.58. The van der Waals surface area contributed by atoms with Crippen LogP contribution in [0, 0.1) is 5.41 Å². The Morgan fingerprint density at radius 2 is 2.30 bits per heavy atom. The van der Waals surface area contributed by atoms with E-state index in [4.69, 9.17) is 0 Å². The minimum Gasteiger partial charge on any atom is -0.396 e. The Balaban J connectivity index is 1.73. The molecule has 0 aliphatic heterocycles. The summed E-state index contributed by atoms with van der Waals surface area (Å²) in [4.78, 5) is 13.8. The number of aliphatic hydroxyl groups excluding tert-OH is 1. The molecule has 3 N–H and O–H groups in total. The van der Waals surface area contributed by atoms with Gasteiger partial charge in [0.05, 0.1) is 25.0 Å². The van der Waals surface area contributed by atoms with Gasteiger partial charge in [0.1, 0.15) is 0 Å². The van der Waals surface area contributed by atoms with E-state index in [2.05, 4.69) is 20.6 Å². The summed E-state index contributed by atoms with van der Waals surface area (Å²) >= 11 is 0. The monoisotopic (exact) mass is 281 g/mol. The van der Waals surface area contributed by atoms with Gasteiger partial charge in [-0.15, -0.1) is 0 Å². The highest BCUT2D eigenvalue weighted by atomic mass is 16.3. The molecule has 2 amide bonds. The summed E-state index contributed by atoms with van der Waals surface area (Å²) in [6.07, 6.45) is 5.40. The highest BCUT2D eigenvalue weighted by Crippen LogP contribution is 2.44. The number of carbonyl (C=O) groups excluding carboxylic acids is 1. The number of amides is 2. The van der Waals surface area contributed by atoms with Gasteiger partial charge in [0.15, 0.2) is 0 Å². The van der Waals surface area contributed by atoms with Gasteiger partial charge in [-0.05, 0) is 26.9 Å². The molecule has 1 saturated carbocycles. The molecule has 2 rings (SSSR count). The average Bonchev–Trinajstić information content (AvgIpc) is 3.07. The number of aliphatic hydroxyl groups is 1. The van der Waals surface area contributed by atoms with Crippen molar-refractivity contribution in [1.82, 2.24) is 20.0 Å². The van der Waals surface area contributed by atoms with Crippen LogP contribution in [0.4, 0.5) is 10.5 Å². The first-order valence-electron chi connectivity index (χ1n) is 6.86. The molecule has 1 heterocycles. The molecule has 112 valence electrons. The summed E-state index contributed by atoms with van der Waals surface area (Å²) in [6, 6.07) is -0.253. The first kappa shape index (κ1) is 14.8. The molecule has 0 radical (unpaired) electrons. The lowest BCUT2D eigenvalue weighted by Crippen LogP contribution is -2.35. The molecule has 1 aliphatic carbocycles. The van der Waals surface area contributed by atoms with Crippen molar-refractivity contribution in [2.24, 2.45) is 5.41 Å². The van der Waals surface area contributed by atoms with Gasteiger partial charge in [0.2, 0.25) is 0 Å². The first-order valence-corrected chi connectivity index (χ1v) is 6.86. The molecule has 0 spiro atoms. The number of aromatic nitrogens is 2. The lowest BCUT2D eigenvalue weighted by atomic mass is 10.1. The minimum absolute atomic E-state index is 0.0762. The Bertz CT molecular complexity index is 453. The molecular weight excluding hydrogens is 258 g/mol. The van der Waals surface area contributed by atoms with Crippen LogP contribution in [0.2, 0.25) is 0 Å². The van der Waals surface area contributed by atoms with E-state index >= 15 is 0 Å². The molecule has 1 fully saturated rings. The van der Waals surface area contributed by atoms with Gasteiger partial charge in [-0.25, -0.2) is 4.79 Å². The molecule has 1 aromatic rings. The van der Waals surface area contributed by atoms with Gasteiger partial charge in [0.25, 0.3) is 0 Å². The third kappa shape index (κ3) is 4.21. The largest absolute Gasteiger partial charge is 0.396 e. The SMILES string of the molecule is CN(C)CCn1cc(NC(=O)NCC2(CO)CC2)cn1. The van der Waals surface area contributed by atoms with Crippen molar-refractivity contribution in [2.45, 2.75) is 19.4 Å². The number of anilines is 1. The molecule has 7 heteroatoms. The minimum atomic E-state index is -0.253. The van der Waals surface area contributed by atoms with Crippen molar-refractivity contribution < 1.29 is 9.90 Å². The summed E-state index contributed by atoms with van der Waals surface area (Å²) in [5.74, 6) is 0. The zero-order valence-electron chi connectivity index (χ0n) is 12.1. The zero-order chi connectivity index (χ0) is 14.6. The standard InChI is InChI=1S/C13H23N5O2/c1-17(2)5-6-18-8-11(7-15-18)16-12(20)14-9-13(10-19)3-4-13/h7-8,19H,3-6,9-10H2,1-2H3,(H2,14,16,20). The number of hydrogen-bond acceptors (Lipinski definition) is 4. The second kappa shape index (κ2) is 6.23. The molecule has 0 atom stereocenters. The summed E-state index contributed by atoms with van der Waals surface area (Å²) in [5, 5.41) is 18.9. The smallest absolute Gasteiger partial charge is 0.319 e. The van der Waals surface area contributed by atoms with Crippen LogP contribution >= 0.6 is 0 Å². The van der Waals surface area contributed by atoms with E-state index < -0.39 is 0 Å². The number of hydrogen-bond donors (Lipinski definition) is 3. The van der Waals surface area contributed by atoms with Crippen LogP contribution < -0.4 is 10.6 Å². The van der Waals surface area contributed by atoms with Gasteiger partial charge in [-0.3, -0.25) is 4.68 Å². The average molecular weight is 281 g/mol. The molecule has 7 nitrogen and oxygen atoms in total. The maximum absolute atomic E-state index is 11.7. The second-order valence-electron chi connectivity index (χ2n) is 5.76. The van der Waals surface area contributed by atoms with Gasteiger partial charge in [0, 0.05) is 24.7 Å². The topological polar surface area (TPSA) is 82.4 Å². The normalized spacial score (nSPS) is 16.2. The van der Waals surface area contributed by atoms with E-state index in [1.807, 2.05) is 20.3 Å². The highest BCUT2D eigenvalue weighted by molar-refractivity contribution is 5.88. The van der Waals surface area contributed by atoms with Crippen LogP contribution in [-0.2, 0) is 6.54 Å². The van der Waals surface area contributed by atoms with E-state index in [0.717, 1.165) is 25.9 Å². The number of rotatable bonds is 7. The fourth-order valence-electron chi connectivity index (χ4n) is 1.86. The van der Waals surface area contributed by atoms with Gasteiger partial charge in [-0.1, -0.05) is 0 Å². The number of carbonyl (C=O) groups is 1. The van der Waals surface area contributed by atoms with Crippen molar-refractivity contribution in [3.63, 3.8) is 0 Å². The van der Waals surface area contributed by atoms with Crippen molar-refractivity contribution in [3.8, 4) is 0 Å². The van der Waals surface area contributed by atoms with Crippen LogP contribution in [-0.4, -0.2) is 59.6 Å². The highest BCUT2D eigenvalue weighted by Gasteiger charge is 2.42. The van der Waals surface area contributed by atoms with Crippen LogP contribution in [0.3, 0.4) is 0 Å². The molecule has 0 saturated heterocycles. The molecule has 20 heavy (non-hydrogen) atoms. The van der Waals surface area contributed by atoms with Gasteiger partial charge >= 0.3 is 6.03 Å². The summed E-state index contributed by atoms with van der Waals surface area (Å²) < 4.78 is 1.80. The Kier molecular flexibility index (Phi) is 4.61. The predicted molar refractivity (Wildman–Crippen MR) is 76.6 cm³/mol. The van der Waals surface area contributed by atoms with E-state index in [9.17, 15) is 9.90 Å². The van der Waals surface area contributed by atoms with E-state index in [1.54, 1.807) is 10.9 Å². The number of urea groups is 1. The Morgan fingerprint density at radius 3 is 2.90 bits per heavy atom. The molecule has 1 aromatic heterocycles. The Labute approximate surface area is 118 Å². The number of nitrogens with one attached hydrogen (secondary N) is 2. The van der Waals surface area contributed by atoms with E-state index in [-0.39, 0.29) is 18.1 Å². The van der Waals surface area contributed by atoms with E-state index in [0.29, 0.717) is 12.2 Å². The lowest BCUT2D eigenvalue weighted by molar-refractivity contribution is 0.206. The first-order chi connectivity index (χ1) is 9.53. The Morgan fingerprint density at radius 1 is 1.55 bits per heavy atom. The van der Waals surface area contributed by atoms with Crippen LogP contribution in [0.15, 0.2) is 12.4 Å². The Hall–Kier alpha value is -1.60. The van der Waals surface area contributed by atoms with E-state index in [1.165, 1.54) is 0 Å². The lowest BCUT2D eigenvalue weighted by Gasteiger charge is -2.12. The van der Waals surface area contributed by atoms with Crippen LogP contribution in [0.1, 0.15) is 12.8 Å². The van der Waals surface area contributed by atoms with Crippen molar-refractivity contribution in [1.29, 1.82) is 0 Å². The predicted octanol–water partition coefficient (Wildman–Crippen LogP) is 0.339. The molecule has 1 aliphatic rings. The molecule has 0 unspecified atom stereocenters. The summed E-state index contributed by atoms with van der Waals surface area (Å²) in [6.45, 7) is 2.33. The fourth-order valence-corrected chi connectivity index (χ4v) is 1.86. The molecule has 0 bridgehead atoms. The van der Waals surface area contributed by atoms with Crippen LogP contribution in [0.25, 0.3) is 0 Å². The van der Waals surface area contributed by atoms with Crippen molar-refractivity contribution >= 4 is 11.7 Å². The number of nitrogens with zero attached hydrogens (tertiary/aromatic N) is 3.